The maximum atomic E-state index is 2.21. The summed E-state index contributed by atoms with van der Waals surface area (Å²) in [6, 6.07) is 0. The Morgan fingerprint density at radius 3 is 1.40 bits per heavy atom. The summed E-state index contributed by atoms with van der Waals surface area (Å²) < 4.78 is 0.896. The highest BCUT2D eigenvalue weighted by Crippen LogP contribution is 3.43. The molecule has 3 aliphatic heterocycles. The zero-order chi connectivity index (χ0) is 3.12. The van der Waals surface area contributed by atoms with Crippen LogP contribution in [0.4, 0.5) is 0 Å². The first-order chi connectivity index (χ1) is 2.37. The van der Waals surface area contributed by atoms with E-state index >= 15 is 0 Å². The van der Waals surface area contributed by atoms with Gasteiger partial charge in [-0.15, -0.1) is 0 Å². The van der Waals surface area contributed by atoms with Gasteiger partial charge in [-0.05, 0) is 39.5 Å². The van der Waals surface area contributed by atoms with Gasteiger partial charge >= 0.3 is 0 Å². The lowest BCUT2D eigenvalue weighted by molar-refractivity contribution is 2.14. The van der Waals surface area contributed by atoms with Crippen molar-refractivity contribution in [2.45, 2.75) is 2.74 Å². The fraction of sp³-hybridized carbons (Fsp3) is 1.00. The van der Waals surface area contributed by atoms with Gasteiger partial charge in [0, 0.05) is 0 Å². The first kappa shape index (κ1) is 2.64. The van der Waals surface area contributed by atoms with E-state index in [1.807, 2.05) is 0 Å². The van der Waals surface area contributed by atoms with E-state index in [9.17, 15) is 0 Å². The molecule has 3 rings (SSSR count). The smallest absolute Gasteiger partial charge is 0.0481 e. The summed E-state index contributed by atoms with van der Waals surface area (Å²) in [6.45, 7) is 0. The molecule has 28 valence electrons. The first-order valence-corrected chi connectivity index (χ1v) is 6.95. The van der Waals surface area contributed by atoms with Crippen molar-refractivity contribution in [3.63, 3.8) is 0 Å². The minimum absolute atomic E-state index is 0.146. The zero-order valence-electron chi connectivity index (χ0n) is 2.13. The summed E-state index contributed by atoms with van der Waals surface area (Å²) >= 11 is 0. The molecule has 3 saturated heterocycles. The monoisotopic (exact) mass is 140 g/mol. The van der Waals surface area contributed by atoms with Crippen LogP contribution in [0.1, 0.15) is 0 Å². The molecule has 0 N–H and O–H groups in total. The van der Waals surface area contributed by atoms with Gasteiger partial charge < -0.3 is 0 Å². The van der Waals surface area contributed by atoms with Crippen molar-refractivity contribution in [1.82, 2.24) is 0 Å². The topological polar surface area (TPSA) is 0 Å². The van der Waals surface area contributed by atoms with Gasteiger partial charge in [-0.25, -0.2) is 0 Å². The molecule has 3 aliphatic rings. The summed E-state index contributed by atoms with van der Waals surface area (Å²) in [5.74, 6) is 0. The molecular formula is CS4. The maximum Gasteiger partial charge on any atom is 0.192 e. The third kappa shape index (κ3) is 0.124. The van der Waals surface area contributed by atoms with Crippen LogP contribution in [0.15, 0.2) is 0 Å². The molecule has 0 saturated carbocycles. The molecule has 0 nitrogen and oxygen atoms in total. The number of rotatable bonds is 0. The van der Waals surface area contributed by atoms with Crippen LogP contribution in [-0.4, -0.2) is 2.74 Å². The molecule has 0 aliphatic carbocycles. The Balaban J connectivity index is 2.58. The van der Waals surface area contributed by atoms with Crippen LogP contribution >= 0.6 is 39.5 Å². The van der Waals surface area contributed by atoms with Crippen molar-refractivity contribution < 1.29 is 0 Å². The quantitative estimate of drug-likeness (QED) is 0.374. The Labute approximate surface area is 42.4 Å². The lowest BCUT2D eigenvalue weighted by Gasteiger charge is -2.00. The molecule has 0 spiro atoms. The summed E-state index contributed by atoms with van der Waals surface area (Å²) in [6.07, 6.45) is 0. The second-order valence-electron chi connectivity index (χ2n) is 1.20. The van der Waals surface area contributed by atoms with Crippen LogP contribution in [0, 0.1) is 0 Å². The molecule has 0 bridgehead atoms. The van der Waals surface area contributed by atoms with E-state index in [-0.39, 0.29) is 7.12 Å². The third-order valence-corrected chi connectivity index (χ3v) is 18.8. The van der Waals surface area contributed by atoms with Gasteiger partial charge in [0.25, 0.3) is 0 Å². The molecule has 0 aromatic rings. The standard InChI is InChI=1S/CS4/c2-1-3-5(1,2)4-1. The van der Waals surface area contributed by atoms with E-state index in [0.29, 0.717) is 0 Å². The summed E-state index contributed by atoms with van der Waals surface area (Å²) in [5.41, 5.74) is 0. The van der Waals surface area contributed by atoms with Gasteiger partial charge in [0.2, 0.25) is 0 Å². The minimum atomic E-state index is 0.146. The van der Waals surface area contributed by atoms with E-state index in [2.05, 4.69) is 32.4 Å². The summed E-state index contributed by atoms with van der Waals surface area (Å²) in [7, 11) is 6.77. The minimum Gasteiger partial charge on any atom is -0.0481 e. The van der Waals surface area contributed by atoms with Crippen molar-refractivity contribution in [3.8, 4) is 0 Å². The fourth-order valence-corrected chi connectivity index (χ4v) is 19.0. The lowest BCUT2D eigenvalue weighted by Crippen LogP contribution is -1.63. The largest absolute Gasteiger partial charge is 0.192 e. The predicted octanol–water partition coefficient (Wildman–Crippen LogP) is 2.39. The van der Waals surface area contributed by atoms with Crippen molar-refractivity contribution in [1.29, 1.82) is 0 Å². The maximum absolute atomic E-state index is 2.21. The molecule has 3 fully saturated rings. The van der Waals surface area contributed by atoms with Gasteiger partial charge in [-0.2, -0.15) is 0 Å². The Hall–Kier alpha value is 1.40. The fourth-order valence-electron chi connectivity index (χ4n) is 0.371. The van der Waals surface area contributed by atoms with Crippen LogP contribution in [0.3, 0.4) is 0 Å². The van der Waals surface area contributed by atoms with Crippen LogP contribution in [0.5, 0.6) is 0 Å². The predicted molar refractivity (Wildman–Crippen MR) is 33.1 cm³/mol. The molecule has 0 aromatic carbocycles. The van der Waals surface area contributed by atoms with E-state index in [1.54, 1.807) is 0 Å². The molecule has 5 heavy (non-hydrogen) atoms. The number of hydrogen-bond acceptors (Lipinski definition) is 3. The highest BCUT2D eigenvalue weighted by atomic mass is 34.0. The zero-order valence-corrected chi connectivity index (χ0v) is 5.40. The second-order valence-corrected chi connectivity index (χ2v) is 14.5. The van der Waals surface area contributed by atoms with Crippen molar-refractivity contribution >= 4 is 39.5 Å². The van der Waals surface area contributed by atoms with Crippen LogP contribution in [-0.2, 0) is 0 Å². The lowest BCUT2D eigenvalue weighted by atomic mass is 11.8. The molecule has 0 unspecified atom stereocenters. The molecule has 4 heteroatoms. The normalized spacial score (nSPS) is 104. The van der Waals surface area contributed by atoms with E-state index in [4.69, 9.17) is 0 Å². The van der Waals surface area contributed by atoms with Crippen LogP contribution < -0.4 is 0 Å². The van der Waals surface area contributed by atoms with Crippen molar-refractivity contribution in [2.75, 3.05) is 0 Å². The molecule has 0 amide bonds. The summed E-state index contributed by atoms with van der Waals surface area (Å²) in [5, 5.41) is 0. The molecular weight excluding hydrogens is 140 g/mol. The Bertz CT molecular complexity index is 85.0. The van der Waals surface area contributed by atoms with E-state index in [0.717, 1.165) is 2.74 Å². The highest BCUT2D eigenvalue weighted by molar-refractivity contribution is 9.85. The van der Waals surface area contributed by atoms with E-state index in [1.165, 1.54) is 0 Å². The molecule has 0 radical (unpaired) electrons. The van der Waals surface area contributed by atoms with Gasteiger partial charge in [0.05, 0.1) is 0 Å². The average molecular weight is 140 g/mol. The van der Waals surface area contributed by atoms with Crippen molar-refractivity contribution in [3.05, 3.63) is 0 Å². The first-order valence-electron chi connectivity index (χ1n) is 1.32. The Kier molecular flexibility index (Phi) is 0.206. The molecule has 0 aromatic heterocycles. The highest BCUT2D eigenvalue weighted by Gasteiger charge is 3.03. The average Bonchev–Trinajstić information content (AvgIpc) is 1.30. The van der Waals surface area contributed by atoms with E-state index < -0.39 is 0 Å². The number of hydrogen-bond donors (Lipinski definition) is 0. The SMILES string of the molecule is S1C23SS12S3. The van der Waals surface area contributed by atoms with Gasteiger partial charge in [0.15, 0.2) is 2.74 Å². The Morgan fingerprint density at radius 1 is 1.20 bits per heavy atom. The van der Waals surface area contributed by atoms with Crippen LogP contribution in [0.2, 0.25) is 0 Å². The molecule has 0 atom stereocenters. The summed E-state index contributed by atoms with van der Waals surface area (Å²) in [4.78, 5) is 0. The van der Waals surface area contributed by atoms with Crippen molar-refractivity contribution in [2.24, 2.45) is 0 Å². The van der Waals surface area contributed by atoms with Gasteiger partial charge in [0.1, 0.15) is 0 Å². The van der Waals surface area contributed by atoms with Crippen LogP contribution in [0.25, 0.3) is 0 Å². The third-order valence-electron chi connectivity index (χ3n) is 0.862. The second kappa shape index (κ2) is 0.389. The van der Waals surface area contributed by atoms with Gasteiger partial charge in [-0.1, -0.05) is 0 Å². The van der Waals surface area contributed by atoms with Gasteiger partial charge in [-0.3, -0.25) is 0 Å². The Morgan fingerprint density at radius 2 is 1.40 bits per heavy atom. The molecule has 3 heterocycles.